The van der Waals surface area contributed by atoms with Crippen LogP contribution in [0.25, 0.3) is 0 Å². The summed E-state index contributed by atoms with van der Waals surface area (Å²) in [6.45, 7) is 0.750. The molecule has 4 amide bonds. The van der Waals surface area contributed by atoms with Crippen LogP contribution >= 0.6 is 0 Å². The molecule has 9 N–H and O–H groups in total. The maximum Gasteiger partial charge on any atom is 0.322 e. The van der Waals surface area contributed by atoms with E-state index in [9.17, 15) is 29.1 Å². The average molecular weight is 437 g/mol. The number of carbonyl (C=O) groups excluding carboxylic acids is 4. The second-order valence-corrected chi connectivity index (χ2v) is 6.90. The van der Waals surface area contributed by atoms with Crippen LogP contribution in [0, 0.1) is 0 Å². The number of hydrogen-bond acceptors (Lipinski definition) is 7. The molecule has 0 aromatic heterocycles. The van der Waals surface area contributed by atoms with Gasteiger partial charge in [0, 0.05) is 12.8 Å². The van der Waals surface area contributed by atoms with Crippen molar-refractivity contribution in [2.45, 2.75) is 44.3 Å². The summed E-state index contributed by atoms with van der Waals surface area (Å²) in [6.07, 6.45) is -0.385. The lowest BCUT2D eigenvalue weighted by Gasteiger charge is -2.23. The van der Waals surface area contributed by atoms with Gasteiger partial charge in [-0.25, -0.2) is 0 Å². The number of primary amides is 1. The molecule has 0 saturated heterocycles. The van der Waals surface area contributed by atoms with Crippen LogP contribution in [-0.4, -0.2) is 64.5 Å². The van der Waals surface area contributed by atoms with Crippen molar-refractivity contribution < 1.29 is 34.2 Å². The molecule has 12 heteroatoms. The molecular weight excluding hydrogens is 410 g/mol. The smallest absolute Gasteiger partial charge is 0.322 e. The lowest BCUT2D eigenvalue weighted by atomic mass is 10.0. The molecule has 0 fully saturated rings. The molecule has 1 aromatic carbocycles. The zero-order valence-electron chi connectivity index (χ0n) is 17.0. The second-order valence-electron chi connectivity index (χ2n) is 6.90. The van der Waals surface area contributed by atoms with Crippen LogP contribution in [0.4, 0.5) is 0 Å². The third-order valence-corrected chi connectivity index (χ3v) is 4.15. The lowest BCUT2D eigenvalue weighted by molar-refractivity contribution is -0.138. The standard InChI is InChI=1S/C19H27N5O7/c1-10(20)17(29)24-14(8-11-2-4-12(25)5-3-11)19(31)23-13(6-7-15(21)26)18(30)22-9-16(27)28/h2-5,10,13-14,25H,6-9,20H2,1H3,(H2,21,26)(H,22,30)(H,23,31)(H,24,29)(H,27,28). The first kappa shape index (κ1) is 25.4. The van der Waals surface area contributed by atoms with Gasteiger partial charge >= 0.3 is 5.97 Å². The van der Waals surface area contributed by atoms with Crippen LogP contribution in [0.5, 0.6) is 5.75 Å². The third-order valence-electron chi connectivity index (χ3n) is 4.15. The van der Waals surface area contributed by atoms with E-state index < -0.39 is 54.3 Å². The summed E-state index contributed by atoms with van der Waals surface area (Å²) in [4.78, 5) is 58.9. The molecule has 1 rings (SSSR count). The molecule has 31 heavy (non-hydrogen) atoms. The molecule has 0 bridgehead atoms. The van der Waals surface area contributed by atoms with Crippen LogP contribution in [0.2, 0.25) is 0 Å². The minimum Gasteiger partial charge on any atom is -0.508 e. The summed E-state index contributed by atoms with van der Waals surface area (Å²) in [6, 6.07) is 2.63. The summed E-state index contributed by atoms with van der Waals surface area (Å²) in [5.74, 6) is -4.16. The van der Waals surface area contributed by atoms with Crippen LogP contribution < -0.4 is 27.4 Å². The van der Waals surface area contributed by atoms with Crippen molar-refractivity contribution in [1.82, 2.24) is 16.0 Å². The highest BCUT2D eigenvalue weighted by molar-refractivity contribution is 5.94. The number of carbonyl (C=O) groups is 5. The van der Waals surface area contributed by atoms with E-state index in [-0.39, 0.29) is 25.0 Å². The third kappa shape index (κ3) is 9.58. The van der Waals surface area contributed by atoms with E-state index in [1.165, 1.54) is 19.1 Å². The van der Waals surface area contributed by atoms with Crippen molar-refractivity contribution in [3.63, 3.8) is 0 Å². The minimum atomic E-state index is -1.29. The fourth-order valence-electron chi connectivity index (χ4n) is 2.49. The first-order chi connectivity index (χ1) is 14.5. The minimum absolute atomic E-state index is 0.0177. The van der Waals surface area contributed by atoms with Crippen molar-refractivity contribution in [3.8, 4) is 5.75 Å². The highest BCUT2D eigenvalue weighted by atomic mass is 16.4. The maximum atomic E-state index is 12.8. The number of aliphatic carboxylic acids is 1. The van der Waals surface area contributed by atoms with Crippen LogP contribution in [0.3, 0.4) is 0 Å². The molecular formula is C19H27N5O7. The number of benzene rings is 1. The quantitative estimate of drug-likeness (QED) is 0.189. The zero-order chi connectivity index (χ0) is 23.6. The van der Waals surface area contributed by atoms with Gasteiger partial charge in [0.25, 0.3) is 0 Å². The predicted octanol–water partition coefficient (Wildman–Crippen LogP) is -2.28. The number of phenolic OH excluding ortho intramolecular Hbond substituents is 1. The van der Waals surface area contributed by atoms with Crippen LogP contribution in [-0.2, 0) is 30.4 Å². The Morgan fingerprint density at radius 2 is 1.55 bits per heavy atom. The van der Waals surface area contributed by atoms with Crippen molar-refractivity contribution in [2.24, 2.45) is 11.5 Å². The molecule has 0 radical (unpaired) electrons. The van der Waals surface area contributed by atoms with E-state index in [0.29, 0.717) is 5.56 Å². The van der Waals surface area contributed by atoms with Crippen molar-refractivity contribution in [3.05, 3.63) is 29.8 Å². The highest BCUT2D eigenvalue weighted by Crippen LogP contribution is 2.12. The summed E-state index contributed by atoms with van der Waals surface area (Å²) >= 11 is 0. The van der Waals surface area contributed by atoms with Crippen LogP contribution in [0.15, 0.2) is 24.3 Å². The van der Waals surface area contributed by atoms with E-state index in [0.717, 1.165) is 0 Å². The number of aromatic hydroxyl groups is 1. The second kappa shape index (κ2) is 12.1. The normalized spacial score (nSPS) is 13.4. The zero-order valence-corrected chi connectivity index (χ0v) is 17.0. The molecule has 0 spiro atoms. The van der Waals surface area contributed by atoms with Gasteiger partial charge in [0.05, 0.1) is 6.04 Å². The van der Waals surface area contributed by atoms with E-state index in [4.69, 9.17) is 16.6 Å². The summed E-state index contributed by atoms with van der Waals surface area (Å²) in [5, 5.41) is 25.1. The Hall–Kier alpha value is -3.67. The lowest BCUT2D eigenvalue weighted by Crippen LogP contribution is -2.56. The SMILES string of the molecule is CC(N)C(=O)NC(Cc1ccc(O)cc1)C(=O)NC(CCC(N)=O)C(=O)NCC(=O)O. The topological polar surface area (TPSA) is 214 Å². The first-order valence-corrected chi connectivity index (χ1v) is 9.41. The van der Waals surface area contributed by atoms with Gasteiger partial charge < -0.3 is 37.6 Å². The van der Waals surface area contributed by atoms with Gasteiger partial charge in [-0.15, -0.1) is 0 Å². The van der Waals surface area contributed by atoms with E-state index >= 15 is 0 Å². The maximum absolute atomic E-state index is 12.8. The number of carboxylic acid groups (broad SMARTS) is 1. The van der Waals surface area contributed by atoms with Gasteiger partial charge in [0.1, 0.15) is 24.4 Å². The number of rotatable bonds is 12. The molecule has 0 heterocycles. The van der Waals surface area contributed by atoms with Gasteiger partial charge in [-0.2, -0.15) is 0 Å². The molecule has 12 nitrogen and oxygen atoms in total. The van der Waals surface area contributed by atoms with E-state index in [1.54, 1.807) is 12.1 Å². The number of amides is 4. The number of phenols is 1. The summed E-state index contributed by atoms with van der Waals surface area (Å²) < 4.78 is 0. The largest absolute Gasteiger partial charge is 0.508 e. The Balaban J connectivity index is 3.00. The molecule has 3 unspecified atom stereocenters. The molecule has 0 saturated carbocycles. The van der Waals surface area contributed by atoms with Gasteiger partial charge in [-0.05, 0) is 31.0 Å². The van der Waals surface area contributed by atoms with Gasteiger partial charge in [0.2, 0.25) is 23.6 Å². The Bertz CT molecular complexity index is 810. The fourth-order valence-corrected chi connectivity index (χ4v) is 2.49. The fraction of sp³-hybridized carbons (Fsp3) is 0.421. The number of nitrogens with two attached hydrogens (primary N) is 2. The number of hydrogen-bond donors (Lipinski definition) is 7. The molecule has 0 aliphatic rings. The molecule has 0 aliphatic carbocycles. The highest BCUT2D eigenvalue weighted by Gasteiger charge is 2.28. The summed E-state index contributed by atoms with van der Waals surface area (Å²) in [7, 11) is 0. The van der Waals surface area contributed by atoms with Gasteiger partial charge in [0.15, 0.2) is 0 Å². The monoisotopic (exact) mass is 437 g/mol. The Labute approximate surface area is 178 Å². The van der Waals surface area contributed by atoms with E-state index in [1.807, 2.05) is 0 Å². The van der Waals surface area contributed by atoms with Crippen molar-refractivity contribution in [1.29, 1.82) is 0 Å². The summed E-state index contributed by atoms with van der Waals surface area (Å²) in [5.41, 5.74) is 11.3. The number of carboxylic acids is 1. The first-order valence-electron chi connectivity index (χ1n) is 9.41. The number of nitrogens with one attached hydrogen (secondary N) is 3. The Kier molecular flexibility index (Phi) is 9.92. The van der Waals surface area contributed by atoms with Gasteiger partial charge in [-0.3, -0.25) is 24.0 Å². The predicted molar refractivity (Wildman–Crippen MR) is 108 cm³/mol. The molecule has 1 aromatic rings. The molecule has 3 atom stereocenters. The Morgan fingerprint density at radius 3 is 2.06 bits per heavy atom. The van der Waals surface area contributed by atoms with Crippen molar-refractivity contribution >= 4 is 29.6 Å². The average Bonchev–Trinajstić information content (AvgIpc) is 2.69. The molecule has 170 valence electrons. The molecule has 0 aliphatic heterocycles. The Morgan fingerprint density at radius 1 is 0.968 bits per heavy atom. The van der Waals surface area contributed by atoms with Crippen LogP contribution in [0.1, 0.15) is 25.3 Å². The van der Waals surface area contributed by atoms with Gasteiger partial charge in [-0.1, -0.05) is 12.1 Å². The van der Waals surface area contributed by atoms with E-state index in [2.05, 4.69) is 16.0 Å². The van der Waals surface area contributed by atoms with Crippen molar-refractivity contribution in [2.75, 3.05) is 6.54 Å².